The molecule has 0 aromatic carbocycles. The van der Waals surface area contributed by atoms with Crippen molar-refractivity contribution in [1.82, 2.24) is 9.55 Å². The van der Waals surface area contributed by atoms with Gasteiger partial charge in [0.1, 0.15) is 26.7 Å². The van der Waals surface area contributed by atoms with Crippen LogP contribution in [0.1, 0.15) is 10.7 Å². The molecular formula is C12H13N5O2S2. The van der Waals surface area contributed by atoms with Gasteiger partial charge in [-0.05, 0) is 0 Å². The molecule has 1 aliphatic rings. The number of nitrogen functional groups attached to an aromatic ring is 1. The molecule has 7 nitrogen and oxygen atoms in total. The highest BCUT2D eigenvalue weighted by atomic mass is 32.2. The highest BCUT2D eigenvalue weighted by Crippen LogP contribution is 2.42. The average molecular weight is 323 g/mol. The summed E-state index contributed by atoms with van der Waals surface area (Å²) < 4.78 is 26.1. The van der Waals surface area contributed by atoms with Gasteiger partial charge in [0, 0.05) is 31.7 Å². The molecule has 1 aliphatic heterocycles. The standard InChI is InChI=1S/C12H13N5O2S2/c1-21(18,19)11-10(14)8(6-13)20-12(11)17-5-4-16-3-2-15-9(16)7-17/h2-3H,4-5,7,14H2,1H3. The van der Waals surface area contributed by atoms with Crippen LogP contribution >= 0.6 is 11.3 Å². The number of nitrogens with zero attached hydrogens (tertiary/aromatic N) is 4. The molecule has 0 amide bonds. The molecule has 0 spiro atoms. The molecule has 2 aromatic rings. The van der Waals surface area contributed by atoms with Crippen LogP contribution in [-0.4, -0.2) is 30.8 Å². The first-order valence-electron chi connectivity index (χ1n) is 6.19. The second kappa shape index (κ2) is 4.75. The van der Waals surface area contributed by atoms with Gasteiger partial charge in [0.05, 0.1) is 12.2 Å². The quantitative estimate of drug-likeness (QED) is 0.877. The monoisotopic (exact) mass is 323 g/mol. The highest BCUT2D eigenvalue weighted by molar-refractivity contribution is 7.91. The fourth-order valence-corrected chi connectivity index (χ4v) is 4.94. The number of sulfone groups is 1. The van der Waals surface area contributed by atoms with Crippen molar-refractivity contribution in [3.8, 4) is 6.07 Å². The number of thiophene rings is 1. The van der Waals surface area contributed by atoms with Crippen molar-refractivity contribution in [3.63, 3.8) is 0 Å². The van der Waals surface area contributed by atoms with Crippen LogP contribution in [0.4, 0.5) is 10.7 Å². The van der Waals surface area contributed by atoms with Crippen molar-refractivity contribution in [3.05, 3.63) is 23.1 Å². The summed E-state index contributed by atoms with van der Waals surface area (Å²) in [6, 6.07) is 1.96. The number of nitriles is 1. The topological polar surface area (TPSA) is 105 Å². The van der Waals surface area contributed by atoms with E-state index in [1.807, 2.05) is 21.7 Å². The molecule has 0 saturated heterocycles. The molecule has 0 unspecified atom stereocenters. The molecule has 0 aliphatic carbocycles. The molecule has 3 rings (SSSR count). The molecule has 0 radical (unpaired) electrons. The maximum atomic E-state index is 12.0. The minimum atomic E-state index is -3.50. The maximum absolute atomic E-state index is 12.0. The normalized spacial score (nSPS) is 14.8. The van der Waals surface area contributed by atoms with Gasteiger partial charge in [0.2, 0.25) is 0 Å². The fraction of sp³-hybridized carbons (Fsp3) is 0.333. The minimum absolute atomic E-state index is 0.0499. The summed E-state index contributed by atoms with van der Waals surface area (Å²) in [6.45, 7) is 1.87. The number of anilines is 2. The molecular weight excluding hydrogens is 310 g/mol. The Hall–Kier alpha value is -2.05. The van der Waals surface area contributed by atoms with Gasteiger partial charge >= 0.3 is 0 Å². The molecule has 9 heteroatoms. The van der Waals surface area contributed by atoms with Gasteiger partial charge in [-0.1, -0.05) is 0 Å². The Kier molecular flexibility index (Phi) is 3.15. The van der Waals surface area contributed by atoms with Crippen molar-refractivity contribution in [1.29, 1.82) is 5.26 Å². The molecule has 0 saturated carbocycles. The van der Waals surface area contributed by atoms with Crippen LogP contribution in [0.3, 0.4) is 0 Å². The van der Waals surface area contributed by atoms with E-state index in [9.17, 15) is 8.42 Å². The Morgan fingerprint density at radius 3 is 2.90 bits per heavy atom. The molecule has 3 heterocycles. The smallest absolute Gasteiger partial charge is 0.180 e. The summed E-state index contributed by atoms with van der Waals surface area (Å²) in [6.07, 6.45) is 4.73. The van der Waals surface area contributed by atoms with Gasteiger partial charge in [-0.3, -0.25) is 0 Å². The Bertz CT molecular complexity index is 844. The summed E-state index contributed by atoms with van der Waals surface area (Å²) in [5.41, 5.74) is 5.89. The Labute approximate surface area is 126 Å². The third-order valence-corrected chi connectivity index (χ3v) is 5.84. The summed E-state index contributed by atoms with van der Waals surface area (Å²) in [7, 11) is -3.50. The van der Waals surface area contributed by atoms with Crippen molar-refractivity contribution in [2.75, 3.05) is 23.4 Å². The second-order valence-electron chi connectivity index (χ2n) is 4.82. The van der Waals surface area contributed by atoms with Gasteiger partial charge < -0.3 is 15.2 Å². The number of fused-ring (bicyclic) bond motifs is 1. The number of hydrogen-bond acceptors (Lipinski definition) is 7. The Morgan fingerprint density at radius 1 is 1.48 bits per heavy atom. The highest BCUT2D eigenvalue weighted by Gasteiger charge is 2.29. The van der Waals surface area contributed by atoms with E-state index >= 15 is 0 Å². The van der Waals surface area contributed by atoms with Crippen LogP contribution in [-0.2, 0) is 22.9 Å². The lowest BCUT2D eigenvalue weighted by molar-refractivity contribution is 0.559. The van der Waals surface area contributed by atoms with Gasteiger partial charge in [0.15, 0.2) is 9.84 Å². The minimum Gasteiger partial charge on any atom is -0.396 e. The van der Waals surface area contributed by atoms with Gasteiger partial charge in [-0.15, -0.1) is 11.3 Å². The molecule has 21 heavy (non-hydrogen) atoms. The zero-order valence-corrected chi connectivity index (χ0v) is 12.9. The Morgan fingerprint density at radius 2 is 2.24 bits per heavy atom. The molecule has 2 aromatic heterocycles. The van der Waals surface area contributed by atoms with E-state index in [1.54, 1.807) is 6.20 Å². The zero-order chi connectivity index (χ0) is 15.2. The van der Waals surface area contributed by atoms with Crippen molar-refractivity contribution in [2.45, 2.75) is 18.0 Å². The SMILES string of the molecule is CS(=O)(=O)c1c(N2CCn3ccnc3C2)sc(C#N)c1N. The van der Waals surface area contributed by atoms with Crippen LogP contribution in [0.2, 0.25) is 0 Å². The molecule has 110 valence electrons. The van der Waals surface area contributed by atoms with E-state index in [2.05, 4.69) is 4.98 Å². The van der Waals surface area contributed by atoms with Crippen molar-refractivity contribution >= 4 is 31.9 Å². The number of nitrogens with two attached hydrogens (primary N) is 1. The van der Waals surface area contributed by atoms with Crippen LogP contribution in [0.15, 0.2) is 17.3 Å². The first-order valence-corrected chi connectivity index (χ1v) is 8.90. The molecule has 2 N–H and O–H groups in total. The third-order valence-electron chi connectivity index (χ3n) is 3.39. The van der Waals surface area contributed by atoms with E-state index in [0.29, 0.717) is 18.1 Å². The predicted octanol–water partition coefficient (Wildman–Crippen LogP) is 0.822. The molecule has 0 atom stereocenters. The van der Waals surface area contributed by atoms with E-state index < -0.39 is 9.84 Å². The lowest BCUT2D eigenvalue weighted by Crippen LogP contribution is -2.33. The van der Waals surface area contributed by atoms with Crippen LogP contribution < -0.4 is 10.6 Å². The average Bonchev–Trinajstić information content (AvgIpc) is 3.00. The number of imidazole rings is 1. The number of hydrogen-bond donors (Lipinski definition) is 1. The van der Waals surface area contributed by atoms with Crippen molar-refractivity contribution < 1.29 is 8.42 Å². The predicted molar refractivity (Wildman–Crippen MR) is 79.8 cm³/mol. The van der Waals surface area contributed by atoms with E-state index in [1.165, 1.54) is 0 Å². The van der Waals surface area contributed by atoms with E-state index in [-0.39, 0.29) is 15.5 Å². The number of rotatable bonds is 2. The Balaban J connectivity index is 2.10. The maximum Gasteiger partial charge on any atom is 0.180 e. The lowest BCUT2D eigenvalue weighted by atomic mass is 10.3. The second-order valence-corrected chi connectivity index (χ2v) is 7.77. The third kappa shape index (κ3) is 2.26. The zero-order valence-electron chi connectivity index (χ0n) is 11.3. The van der Waals surface area contributed by atoms with Crippen LogP contribution in [0.25, 0.3) is 0 Å². The van der Waals surface area contributed by atoms with Gasteiger partial charge in [-0.25, -0.2) is 13.4 Å². The van der Waals surface area contributed by atoms with Gasteiger partial charge in [0.25, 0.3) is 0 Å². The summed E-state index contributed by atoms with van der Waals surface area (Å²) >= 11 is 1.12. The first-order chi connectivity index (χ1) is 9.91. The van der Waals surface area contributed by atoms with Crippen LogP contribution in [0.5, 0.6) is 0 Å². The largest absolute Gasteiger partial charge is 0.396 e. The summed E-state index contributed by atoms with van der Waals surface area (Å²) in [4.78, 5) is 6.47. The first kappa shape index (κ1) is 13.9. The molecule has 0 fully saturated rings. The number of aromatic nitrogens is 2. The van der Waals surface area contributed by atoms with Gasteiger partial charge in [-0.2, -0.15) is 5.26 Å². The lowest BCUT2D eigenvalue weighted by Gasteiger charge is -2.29. The van der Waals surface area contributed by atoms with E-state index in [4.69, 9.17) is 11.0 Å². The fourth-order valence-electron chi connectivity index (χ4n) is 2.41. The van der Waals surface area contributed by atoms with E-state index in [0.717, 1.165) is 30.0 Å². The van der Waals surface area contributed by atoms with Crippen LogP contribution in [0, 0.1) is 11.3 Å². The summed E-state index contributed by atoms with van der Waals surface area (Å²) in [5, 5.41) is 9.62. The molecule has 0 bridgehead atoms. The summed E-state index contributed by atoms with van der Waals surface area (Å²) in [5.74, 6) is 0.867. The van der Waals surface area contributed by atoms with Crippen molar-refractivity contribution in [2.24, 2.45) is 0 Å².